The molecule has 360 valence electrons. The number of fused-ring (bicyclic) bond motifs is 6. The SMILES string of the molecule is COc1cc2c3c(cnc2cc1-c1c(C)coc1C)C(CC(=O)CCCC(=O)Cn1c(=O)n([C@H](C)c2ccccn2)c2c4cc(OC)c(-c5c(C)noc5C)cc4ncc21)C(=O)N3[C@H](C)c1ccccn1. The van der Waals surface area contributed by atoms with Crippen LogP contribution in [0.4, 0.5) is 5.69 Å². The van der Waals surface area contributed by atoms with E-state index in [1.54, 1.807) is 54.7 Å². The number of anilines is 1. The van der Waals surface area contributed by atoms with Gasteiger partial charge in [0.1, 0.15) is 28.8 Å². The van der Waals surface area contributed by atoms with Gasteiger partial charge >= 0.3 is 5.69 Å². The number of aromatic nitrogens is 7. The topological polar surface area (TPSA) is 191 Å². The van der Waals surface area contributed by atoms with Gasteiger partial charge < -0.3 is 23.3 Å². The summed E-state index contributed by atoms with van der Waals surface area (Å²) in [4.78, 5) is 77.8. The van der Waals surface area contributed by atoms with Crippen LogP contribution >= 0.6 is 0 Å². The molecule has 0 N–H and O–H groups in total. The number of amides is 1. The van der Waals surface area contributed by atoms with Crippen molar-refractivity contribution in [2.75, 3.05) is 19.1 Å². The van der Waals surface area contributed by atoms with Gasteiger partial charge in [-0.05, 0) is 102 Å². The second-order valence-corrected chi connectivity index (χ2v) is 18.2. The predicted molar refractivity (Wildman–Crippen MR) is 268 cm³/mol. The minimum Gasteiger partial charge on any atom is -0.496 e. The van der Waals surface area contributed by atoms with E-state index in [1.165, 1.54) is 4.57 Å². The number of furan rings is 1. The van der Waals surface area contributed by atoms with Crippen LogP contribution in [0.2, 0.25) is 0 Å². The van der Waals surface area contributed by atoms with E-state index in [-0.39, 0.29) is 49.7 Å². The molecule has 10 rings (SSSR count). The first-order valence-electron chi connectivity index (χ1n) is 23.6. The van der Waals surface area contributed by atoms with Crippen LogP contribution in [-0.4, -0.2) is 65.9 Å². The molecule has 0 saturated heterocycles. The molecule has 0 fully saturated rings. The lowest BCUT2D eigenvalue weighted by Gasteiger charge is -2.26. The van der Waals surface area contributed by atoms with Crippen LogP contribution in [0.15, 0.2) is 105 Å². The van der Waals surface area contributed by atoms with Crippen molar-refractivity contribution in [3.8, 4) is 33.8 Å². The summed E-state index contributed by atoms with van der Waals surface area (Å²) in [5, 5.41) is 5.49. The lowest BCUT2D eigenvalue weighted by molar-refractivity contribution is -0.125. The van der Waals surface area contributed by atoms with E-state index in [9.17, 15) is 19.2 Å². The molecule has 0 saturated carbocycles. The Morgan fingerprint density at radius 2 is 1.38 bits per heavy atom. The molecular weight excluding hydrogens is 901 g/mol. The van der Waals surface area contributed by atoms with Gasteiger partial charge in [-0.1, -0.05) is 17.3 Å². The average molecular weight is 953 g/mol. The highest BCUT2D eigenvalue weighted by atomic mass is 16.5. The maximum Gasteiger partial charge on any atom is 0.330 e. The Kier molecular flexibility index (Phi) is 12.2. The molecule has 0 radical (unpaired) electrons. The summed E-state index contributed by atoms with van der Waals surface area (Å²) < 4.78 is 26.2. The van der Waals surface area contributed by atoms with Crippen molar-refractivity contribution < 1.29 is 32.8 Å². The highest BCUT2D eigenvalue weighted by molar-refractivity contribution is 6.14. The Labute approximate surface area is 408 Å². The first kappa shape index (κ1) is 46.5. The zero-order valence-electron chi connectivity index (χ0n) is 40.8. The summed E-state index contributed by atoms with van der Waals surface area (Å²) in [5.74, 6) is 1.03. The maximum absolute atomic E-state index is 14.7. The molecule has 1 unspecified atom stereocenters. The number of hydrogen-bond donors (Lipinski definition) is 0. The smallest absolute Gasteiger partial charge is 0.330 e. The second kappa shape index (κ2) is 18.6. The number of carbonyl (C=O) groups excluding carboxylic acids is 3. The van der Waals surface area contributed by atoms with Crippen molar-refractivity contribution in [2.45, 2.75) is 91.8 Å². The van der Waals surface area contributed by atoms with Gasteiger partial charge in [0.2, 0.25) is 5.91 Å². The zero-order chi connectivity index (χ0) is 49.8. The van der Waals surface area contributed by atoms with Crippen LogP contribution in [0.5, 0.6) is 11.5 Å². The number of ketones is 2. The summed E-state index contributed by atoms with van der Waals surface area (Å²) in [7, 11) is 3.18. The number of pyridine rings is 4. The third-order valence-corrected chi connectivity index (χ3v) is 13.9. The highest BCUT2D eigenvalue weighted by Crippen LogP contribution is 2.49. The molecule has 1 aliphatic heterocycles. The van der Waals surface area contributed by atoms with Crippen molar-refractivity contribution >= 4 is 56.0 Å². The van der Waals surface area contributed by atoms with Crippen molar-refractivity contribution in [2.24, 2.45) is 0 Å². The number of rotatable bonds is 16. The number of Topliss-reactive ketones (excluding diaryl/α,β-unsaturated/α-hetero) is 2. The van der Waals surface area contributed by atoms with Gasteiger partial charge in [-0.25, -0.2) is 4.79 Å². The van der Waals surface area contributed by atoms with Crippen molar-refractivity contribution in [3.63, 3.8) is 0 Å². The fourth-order valence-corrected chi connectivity index (χ4v) is 10.4. The van der Waals surface area contributed by atoms with E-state index in [1.807, 2.05) is 102 Å². The van der Waals surface area contributed by atoms with Crippen LogP contribution < -0.4 is 20.1 Å². The Balaban J connectivity index is 0.924. The van der Waals surface area contributed by atoms with Gasteiger partial charge in [0.05, 0.1) is 102 Å². The van der Waals surface area contributed by atoms with Gasteiger partial charge in [0.25, 0.3) is 0 Å². The number of imidazole rings is 1. The number of methoxy groups -OCH3 is 2. The lowest BCUT2D eigenvalue weighted by atomic mass is 9.93. The second-order valence-electron chi connectivity index (χ2n) is 18.2. The Bertz CT molecular complexity index is 3590. The van der Waals surface area contributed by atoms with E-state index in [0.717, 1.165) is 33.6 Å². The normalized spacial score (nSPS) is 14.4. The molecule has 3 atom stereocenters. The fourth-order valence-electron chi connectivity index (χ4n) is 10.4. The van der Waals surface area contributed by atoms with Crippen molar-refractivity contribution in [1.29, 1.82) is 0 Å². The van der Waals surface area contributed by atoms with Crippen LogP contribution in [0.1, 0.15) is 97.3 Å². The Morgan fingerprint density at radius 3 is 2.00 bits per heavy atom. The molecule has 0 aliphatic carbocycles. The third kappa shape index (κ3) is 8.02. The van der Waals surface area contributed by atoms with E-state index in [0.29, 0.717) is 78.4 Å². The van der Waals surface area contributed by atoms with Gasteiger partial charge in [-0.15, -0.1) is 0 Å². The standard InChI is InChI=1S/C55H52N8O8/c1-29-28-70-33(5)50(29)40-21-45-38(23-48(40)68-7)52-42(25-58-45)37(54(66)62(52)31(3)43-16-9-11-18-56-43)20-35(64)14-13-15-36(65)27-61-47-26-59-46-22-41(51-30(2)60-71-34(51)6)49(69-8)24-39(46)53(47)63(55(61)67)32(4)44-17-10-12-19-57-44/h9-12,16-19,21-26,28,31-32,37H,13-15,20,27H2,1-8H3/t31-,32-,37?/m1/s1. The lowest BCUT2D eigenvalue weighted by Crippen LogP contribution is -2.32. The van der Waals surface area contributed by atoms with Crippen LogP contribution in [0.3, 0.4) is 0 Å². The molecule has 7 aromatic heterocycles. The van der Waals surface area contributed by atoms with Crippen molar-refractivity contribution in [3.05, 3.63) is 142 Å². The molecule has 9 aromatic rings. The fraction of sp³-hybridized carbons (Fsp3) is 0.291. The zero-order valence-corrected chi connectivity index (χ0v) is 40.8. The predicted octanol–water partition coefficient (Wildman–Crippen LogP) is 10.1. The van der Waals surface area contributed by atoms with Crippen LogP contribution in [0, 0.1) is 27.7 Å². The van der Waals surface area contributed by atoms with Crippen LogP contribution in [0.25, 0.3) is 55.1 Å². The maximum atomic E-state index is 14.7. The summed E-state index contributed by atoms with van der Waals surface area (Å²) in [6, 6.07) is 17.7. The molecule has 0 bridgehead atoms. The minimum atomic E-state index is -0.812. The minimum absolute atomic E-state index is 0.0260. The molecule has 1 aliphatic rings. The number of benzene rings is 2. The average Bonchev–Trinajstić information content (AvgIpc) is 4.08. The van der Waals surface area contributed by atoms with E-state index in [4.69, 9.17) is 28.4 Å². The summed E-state index contributed by atoms with van der Waals surface area (Å²) in [6.45, 7) is 11.1. The van der Waals surface area contributed by atoms with Gasteiger partial charge in [0, 0.05) is 70.9 Å². The molecule has 8 heterocycles. The molecule has 2 aromatic carbocycles. The summed E-state index contributed by atoms with van der Waals surface area (Å²) in [5.41, 5.74) is 9.42. The first-order chi connectivity index (χ1) is 34.3. The van der Waals surface area contributed by atoms with E-state index in [2.05, 4.69) is 15.1 Å². The first-order valence-corrected chi connectivity index (χ1v) is 23.6. The summed E-state index contributed by atoms with van der Waals surface area (Å²) in [6.07, 6.45) is 8.61. The third-order valence-electron chi connectivity index (χ3n) is 13.9. The largest absolute Gasteiger partial charge is 0.496 e. The molecule has 16 heteroatoms. The highest BCUT2D eigenvalue weighted by Gasteiger charge is 2.43. The number of hydrogen-bond acceptors (Lipinski definition) is 13. The molecule has 0 spiro atoms. The van der Waals surface area contributed by atoms with E-state index >= 15 is 0 Å². The molecule has 1 amide bonds. The summed E-state index contributed by atoms with van der Waals surface area (Å²) >= 11 is 0. The van der Waals surface area contributed by atoms with Gasteiger partial charge in [0.15, 0.2) is 5.78 Å². The number of aryl methyl sites for hydroxylation is 4. The molecule has 71 heavy (non-hydrogen) atoms. The van der Waals surface area contributed by atoms with Crippen LogP contribution in [-0.2, 0) is 20.9 Å². The number of ether oxygens (including phenoxy) is 2. The Morgan fingerprint density at radius 1 is 0.746 bits per heavy atom. The van der Waals surface area contributed by atoms with Crippen molar-refractivity contribution in [1.82, 2.24) is 34.2 Å². The molecular formula is C55H52N8O8. The number of nitrogens with zero attached hydrogens (tertiary/aromatic N) is 8. The molecule has 16 nitrogen and oxygen atoms in total. The number of carbonyl (C=O) groups is 3. The van der Waals surface area contributed by atoms with Gasteiger partial charge in [-0.2, -0.15) is 0 Å². The van der Waals surface area contributed by atoms with E-state index < -0.39 is 23.7 Å². The Hall–Kier alpha value is -8.27. The van der Waals surface area contributed by atoms with Gasteiger partial charge in [-0.3, -0.25) is 43.5 Å². The quantitative estimate of drug-likeness (QED) is 0.0890. The monoisotopic (exact) mass is 952 g/mol.